The van der Waals surface area contributed by atoms with E-state index in [1.807, 2.05) is 36.5 Å². The van der Waals surface area contributed by atoms with Crippen molar-refractivity contribution in [3.05, 3.63) is 90.4 Å². The molecule has 0 atom stereocenters. The van der Waals surface area contributed by atoms with Gasteiger partial charge in [-0.15, -0.1) is 0 Å². The molecule has 186 valence electrons. The zero-order valence-corrected chi connectivity index (χ0v) is 21.2. The van der Waals surface area contributed by atoms with Gasteiger partial charge in [-0.25, -0.2) is 17.5 Å². The van der Waals surface area contributed by atoms with Crippen LogP contribution in [-0.2, 0) is 16.4 Å². The van der Waals surface area contributed by atoms with Crippen molar-refractivity contribution in [2.45, 2.75) is 11.4 Å². The topological polar surface area (TPSA) is 58.4 Å². The molecule has 2 heterocycles. The Morgan fingerprint density at radius 2 is 1.47 bits per heavy atom. The van der Waals surface area contributed by atoms with E-state index in [4.69, 9.17) is 0 Å². The van der Waals surface area contributed by atoms with E-state index >= 15 is 0 Å². The molecule has 0 bridgehead atoms. The molecule has 1 fully saturated rings. The van der Waals surface area contributed by atoms with Gasteiger partial charge in [0, 0.05) is 50.1 Å². The number of sulfone groups is 1. The van der Waals surface area contributed by atoms with Crippen molar-refractivity contribution in [2.24, 2.45) is 0 Å². The summed E-state index contributed by atoms with van der Waals surface area (Å²) in [4.78, 5) is 4.99. The second-order valence-electron chi connectivity index (χ2n) is 9.33. The summed E-state index contributed by atoms with van der Waals surface area (Å²) in [6.07, 6.45) is 3.05. The summed E-state index contributed by atoms with van der Waals surface area (Å²) in [5.74, 6) is -0.276. The van der Waals surface area contributed by atoms with E-state index in [9.17, 15) is 12.8 Å². The zero-order valence-electron chi connectivity index (χ0n) is 20.4. The fourth-order valence-electron chi connectivity index (χ4n) is 4.57. The third kappa shape index (κ3) is 5.11. The van der Waals surface area contributed by atoms with Gasteiger partial charge in [0.15, 0.2) is 9.84 Å². The summed E-state index contributed by atoms with van der Waals surface area (Å²) in [6, 6.07) is 21.5. The maximum absolute atomic E-state index is 15.0. The van der Waals surface area contributed by atoms with E-state index in [1.165, 1.54) is 12.3 Å². The first-order valence-corrected chi connectivity index (χ1v) is 13.8. The molecule has 5 rings (SSSR count). The van der Waals surface area contributed by atoms with Crippen LogP contribution in [0.3, 0.4) is 0 Å². The van der Waals surface area contributed by atoms with Crippen LogP contribution in [0.4, 0.5) is 4.39 Å². The third-order valence-corrected chi connectivity index (χ3v) is 7.82. The molecule has 8 heteroatoms. The van der Waals surface area contributed by atoms with E-state index < -0.39 is 9.84 Å². The van der Waals surface area contributed by atoms with Crippen LogP contribution in [0.15, 0.2) is 83.9 Å². The number of hydrogen-bond acceptors (Lipinski definition) is 5. The van der Waals surface area contributed by atoms with Crippen LogP contribution in [0.1, 0.15) is 5.56 Å². The summed E-state index contributed by atoms with van der Waals surface area (Å²) in [6.45, 7) is 4.66. The minimum atomic E-state index is -3.24. The summed E-state index contributed by atoms with van der Waals surface area (Å²) < 4.78 is 40.3. The van der Waals surface area contributed by atoms with E-state index in [-0.39, 0.29) is 5.82 Å². The van der Waals surface area contributed by atoms with Crippen molar-refractivity contribution < 1.29 is 12.8 Å². The van der Waals surface area contributed by atoms with Crippen molar-refractivity contribution in [3.63, 3.8) is 0 Å². The van der Waals surface area contributed by atoms with Crippen LogP contribution in [0.5, 0.6) is 0 Å². The molecule has 1 aliphatic heterocycles. The minimum Gasteiger partial charge on any atom is -0.304 e. The van der Waals surface area contributed by atoms with Gasteiger partial charge in [0.25, 0.3) is 0 Å². The number of hydrogen-bond donors (Lipinski definition) is 0. The lowest BCUT2D eigenvalue weighted by Crippen LogP contribution is -2.43. The number of halogens is 1. The summed E-state index contributed by atoms with van der Waals surface area (Å²) in [7, 11) is -1.11. The molecular formula is C28H29FN4O2S. The monoisotopic (exact) mass is 504 g/mol. The molecule has 1 saturated heterocycles. The second kappa shape index (κ2) is 9.97. The fraction of sp³-hybridized carbons (Fsp3) is 0.250. The van der Waals surface area contributed by atoms with E-state index in [0.29, 0.717) is 17.0 Å². The predicted molar refractivity (Wildman–Crippen MR) is 140 cm³/mol. The van der Waals surface area contributed by atoms with Gasteiger partial charge >= 0.3 is 0 Å². The molecule has 0 N–H and O–H groups in total. The number of aromatic nitrogens is 2. The number of nitrogens with zero attached hydrogens (tertiary/aromatic N) is 4. The number of likely N-dealkylation sites (N-methyl/N-ethyl adjacent to an activating group) is 1. The average molecular weight is 505 g/mol. The highest BCUT2D eigenvalue weighted by atomic mass is 32.2. The van der Waals surface area contributed by atoms with E-state index in [2.05, 4.69) is 21.9 Å². The number of rotatable bonds is 6. The number of piperazine rings is 1. The molecule has 1 aromatic heterocycles. The SMILES string of the molecule is CN1CCN(Cc2cnn(-c3ccc(-c4ccc(S(C)(=O)=O)cc4)cc3)c2-c2ccccc2F)CC1. The zero-order chi connectivity index (χ0) is 25.3. The Morgan fingerprint density at radius 3 is 2.08 bits per heavy atom. The fourth-order valence-corrected chi connectivity index (χ4v) is 5.20. The molecule has 0 saturated carbocycles. The van der Waals surface area contributed by atoms with Gasteiger partial charge in [0.05, 0.1) is 22.5 Å². The van der Waals surface area contributed by atoms with Crippen LogP contribution < -0.4 is 0 Å². The Labute approximate surface area is 211 Å². The van der Waals surface area contributed by atoms with Gasteiger partial charge in [-0.3, -0.25) is 4.90 Å². The van der Waals surface area contributed by atoms with Crippen molar-refractivity contribution in [1.29, 1.82) is 0 Å². The summed E-state index contributed by atoms with van der Waals surface area (Å²) in [5.41, 5.74) is 4.98. The third-order valence-electron chi connectivity index (χ3n) is 6.69. The normalized spacial score (nSPS) is 15.3. The average Bonchev–Trinajstić information content (AvgIpc) is 3.28. The molecule has 36 heavy (non-hydrogen) atoms. The second-order valence-corrected chi connectivity index (χ2v) is 11.3. The van der Waals surface area contributed by atoms with Crippen molar-refractivity contribution >= 4 is 9.84 Å². The van der Waals surface area contributed by atoms with Gasteiger partial charge in [-0.2, -0.15) is 5.10 Å². The first-order valence-electron chi connectivity index (χ1n) is 11.9. The molecule has 0 unspecified atom stereocenters. The molecule has 3 aromatic carbocycles. The van der Waals surface area contributed by atoms with E-state index in [1.54, 1.807) is 41.1 Å². The molecule has 6 nitrogen and oxygen atoms in total. The summed E-state index contributed by atoms with van der Waals surface area (Å²) >= 11 is 0. The summed E-state index contributed by atoms with van der Waals surface area (Å²) in [5, 5.41) is 4.67. The molecule has 0 spiro atoms. The van der Waals surface area contributed by atoms with Crippen molar-refractivity contribution in [1.82, 2.24) is 19.6 Å². The Bertz CT molecular complexity index is 1460. The largest absolute Gasteiger partial charge is 0.304 e. The Kier molecular flexibility index (Phi) is 6.75. The van der Waals surface area contributed by atoms with Gasteiger partial charge in [0.2, 0.25) is 0 Å². The van der Waals surface area contributed by atoms with Crippen LogP contribution >= 0.6 is 0 Å². The Morgan fingerprint density at radius 1 is 0.861 bits per heavy atom. The molecule has 4 aromatic rings. The predicted octanol–water partition coefficient (Wildman–Crippen LogP) is 4.50. The smallest absolute Gasteiger partial charge is 0.175 e. The minimum absolute atomic E-state index is 0.276. The molecule has 0 aliphatic carbocycles. The molecule has 0 amide bonds. The van der Waals surface area contributed by atoms with Crippen LogP contribution in [0, 0.1) is 5.82 Å². The first kappa shape index (κ1) is 24.4. The maximum Gasteiger partial charge on any atom is 0.175 e. The lowest BCUT2D eigenvalue weighted by molar-refractivity contribution is 0.148. The highest BCUT2D eigenvalue weighted by molar-refractivity contribution is 7.90. The van der Waals surface area contributed by atoms with Crippen LogP contribution in [0.2, 0.25) is 0 Å². The molecular weight excluding hydrogens is 475 g/mol. The Balaban J connectivity index is 1.48. The lowest BCUT2D eigenvalue weighted by atomic mass is 10.0. The number of benzene rings is 3. The van der Waals surface area contributed by atoms with Crippen LogP contribution in [-0.4, -0.2) is 67.5 Å². The van der Waals surface area contributed by atoms with Crippen LogP contribution in [0.25, 0.3) is 28.1 Å². The standard InChI is InChI=1S/C28H29FN4O2S/c1-31-15-17-32(18-16-31)20-23-19-30-33(28(23)26-5-3-4-6-27(26)29)24-11-7-21(8-12-24)22-9-13-25(14-10-22)36(2,34)35/h3-14,19H,15-18,20H2,1-2H3. The van der Waals surface area contributed by atoms with Crippen molar-refractivity contribution in [2.75, 3.05) is 39.5 Å². The first-order chi connectivity index (χ1) is 17.3. The van der Waals surface area contributed by atoms with Crippen molar-refractivity contribution in [3.8, 4) is 28.1 Å². The Hall–Kier alpha value is -3.33. The molecule has 1 aliphatic rings. The van der Waals surface area contributed by atoms with E-state index in [0.717, 1.165) is 54.3 Å². The maximum atomic E-state index is 15.0. The highest BCUT2D eigenvalue weighted by Gasteiger charge is 2.21. The van der Waals surface area contributed by atoms with Gasteiger partial charge in [0.1, 0.15) is 5.82 Å². The highest BCUT2D eigenvalue weighted by Crippen LogP contribution is 2.31. The van der Waals surface area contributed by atoms with Gasteiger partial charge < -0.3 is 4.90 Å². The molecule has 0 radical (unpaired) electrons. The van der Waals surface area contributed by atoms with Gasteiger partial charge in [-0.1, -0.05) is 36.4 Å². The lowest BCUT2D eigenvalue weighted by Gasteiger charge is -2.32. The quantitative estimate of drug-likeness (QED) is 0.387. The van der Waals surface area contributed by atoms with Gasteiger partial charge in [-0.05, 0) is 54.6 Å².